The fourth-order valence-corrected chi connectivity index (χ4v) is 6.66. The molecular formula is C61H96O6. The van der Waals surface area contributed by atoms with Crippen LogP contribution in [0.5, 0.6) is 0 Å². The number of allylic oxidation sites excluding steroid dienone is 22. The third-order valence-corrected chi connectivity index (χ3v) is 10.6. The highest BCUT2D eigenvalue weighted by atomic mass is 16.6. The van der Waals surface area contributed by atoms with E-state index in [2.05, 4.69) is 154 Å². The van der Waals surface area contributed by atoms with Crippen molar-refractivity contribution in [2.45, 2.75) is 219 Å². The highest BCUT2D eigenvalue weighted by Crippen LogP contribution is 2.12. The van der Waals surface area contributed by atoms with Crippen molar-refractivity contribution in [3.05, 3.63) is 134 Å². The lowest BCUT2D eigenvalue weighted by molar-refractivity contribution is -0.167. The first kappa shape index (κ1) is 62.5. The van der Waals surface area contributed by atoms with Gasteiger partial charge in [-0.1, -0.05) is 193 Å². The molecular weight excluding hydrogens is 829 g/mol. The molecule has 6 nitrogen and oxygen atoms in total. The molecule has 0 N–H and O–H groups in total. The number of esters is 3. The molecule has 0 aliphatic carbocycles. The van der Waals surface area contributed by atoms with Crippen LogP contribution in [0, 0.1) is 0 Å². The number of rotatable bonds is 46. The third-order valence-electron chi connectivity index (χ3n) is 10.6. The minimum Gasteiger partial charge on any atom is -0.462 e. The lowest BCUT2D eigenvalue weighted by atomic mass is 10.1. The van der Waals surface area contributed by atoms with Crippen LogP contribution in [-0.2, 0) is 28.6 Å². The Balaban J connectivity index is 4.56. The van der Waals surface area contributed by atoms with Gasteiger partial charge >= 0.3 is 17.9 Å². The normalized spacial score (nSPS) is 13.2. The molecule has 0 aliphatic rings. The number of hydrogen-bond acceptors (Lipinski definition) is 6. The fourth-order valence-electron chi connectivity index (χ4n) is 6.66. The third kappa shape index (κ3) is 52.4. The van der Waals surface area contributed by atoms with Crippen LogP contribution in [0.4, 0.5) is 0 Å². The highest BCUT2D eigenvalue weighted by molar-refractivity contribution is 5.71. The van der Waals surface area contributed by atoms with Gasteiger partial charge < -0.3 is 14.2 Å². The maximum absolute atomic E-state index is 12.8. The molecule has 0 radical (unpaired) electrons. The van der Waals surface area contributed by atoms with Crippen LogP contribution in [0.2, 0.25) is 0 Å². The standard InChI is InChI=1S/C61H96O6/c1-4-7-10-13-16-19-22-25-28-29-30-31-34-36-39-42-45-48-51-54-60(63)66-57-58(67-61(64)55-52-49-46-43-40-37-33-27-24-21-18-15-12-9-6-3)56-65-59(62)53-50-47-44-41-38-35-32-26-23-20-17-14-11-8-5-2/h8-9,11-12,16-21,25-28,30-33,36,39-40,43,58H,4-7,10,13-15,22-24,29,34-35,37-38,41-42,44-57H2,1-3H3/b11-8-,12-9-,19-16-,20-17-,21-18-,28-25-,31-30-,32-26-,33-27-,39-36-,43-40-/t58-/m1/s1. The summed E-state index contributed by atoms with van der Waals surface area (Å²) >= 11 is 0. The van der Waals surface area contributed by atoms with E-state index in [9.17, 15) is 14.4 Å². The Labute approximate surface area is 411 Å². The molecule has 1 atom stereocenters. The summed E-state index contributed by atoms with van der Waals surface area (Å²) in [4.78, 5) is 38.0. The van der Waals surface area contributed by atoms with Crippen LogP contribution < -0.4 is 0 Å². The van der Waals surface area contributed by atoms with Crippen LogP contribution in [-0.4, -0.2) is 37.2 Å². The predicted octanol–water partition coefficient (Wildman–Crippen LogP) is 17.9. The van der Waals surface area contributed by atoms with Crippen molar-refractivity contribution in [3.63, 3.8) is 0 Å². The van der Waals surface area contributed by atoms with Crippen molar-refractivity contribution in [3.8, 4) is 0 Å². The van der Waals surface area contributed by atoms with Crippen molar-refractivity contribution in [1.29, 1.82) is 0 Å². The van der Waals surface area contributed by atoms with Gasteiger partial charge in [0.2, 0.25) is 0 Å². The minimum absolute atomic E-state index is 0.119. The molecule has 6 heteroatoms. The Morgan fingerprint density at radius 1 is 0.313 bits per heavy atom. The van der Waals surface area contributed by atoms with E-state index in [1.807, 2.05) is 0 Å². The second kappa shape index (κ2) is 54.2. The SMILES string of the molecule is CC/C=C\C/C=C\C/C=C\C/C=C\CCCCC(=O)O[C@@H](COC(=O)CCCCC/C=C\C/C=C\C/C=C\C/C=C\CCCCC)COC(=O)CCCCCCC/C=C\C/C=C\C/C=C\CC. The minimum atomic E-state index is -0.825. The maximum atomic E-state index is 12.8. The molecule has 0 bridgehead atoms. The van der Waals surface area contributed by atoms with E-state index < -0.39 is 6.10 Å². The fraction of sp³-hybridized carbons (Fsp3) is 0.590. The van der Waals surface area contributed by atoms with Gasteiger partial charge in [0.25, 0.3) is 0 Å². The number of carbonyl (C=O) groups is 3. The monoisotopic (exact) mass is 925 g/mol. The van der Waals surface area contributed by atoms with Gasteiger partial charge in [-0.3, -0.25) is 14.4 Å². The van der Waals surface area contributed by atoms with Crippen molar-refractivity contribution < 1.29 is 28.6 Å². The Bertz CT molecular complexity index is 1480. The van der Waals surface area contributed by atoms with Crippen molar-refractivity contribution >= 4 is 17.9 Å². The van der Waals surface area contributed by atoms with Gasteiger partial charge in [-0.25, -0.2) is 0 Å². The molecule has 0 heterocycles. The lowest BCUT2D eigenvalue weighted by Crippen LogP contribution is -2.30. The van der Waals surface area contributed by atoms with E-state index in [1.165, 1.54) is 25.7 Å². The molecule has 0 amide bonds. The van der Waals surface area contributed by atoms with Gasteiger partial charge in [0.1, 0.15) is 13.2 Å². The average Bonchev–Trinajstić information content (AvgIpc) is 3.33. The first-order chi connectivity index (χ1) is 33.0. The summed E-state index contributed by atoms with van der Waals surface area (Å²) in [5, 5.41) is 0. The van der Waals surface area contributed by atoms with E-state index >= 15 is 0 Å². The van der Waals surface area contributed by atoms with Gasteiger partial charge in [0.15, 0.2) is 6.10 Å². The first-order valence-corrected chi connectivity index (χ1v) is 26.7. The molecule has 0 aromatic carbocycles. The second-order valence-corrected chi connectivity index (χ2v) is 17.0. The summed E-state index contributed by atoms with van der Waals surface area (Å²) in [6.07, 6.45) is 75.8. The molecule has 0 saturated heterocycles. The van der Waals surface area contributed by atoms with Gasteiger partial charge in [0.05, 0.1) is 0 Å². The van der Waals surface area contributed by atoms with E-state index in [-0.39, 0.29) is 37.5 Å². The second-order valence-electron chi connectivity index (χ2n) is 17.0. The molecule has 0 aromatic rings. The van der Waals surface area contributed by atoms with Crippen LogP contribution in [0.1, 0.15) is 213 Å². The molecule has 0 unspecified atom stereocenters. The van der Waals surface area contributed by atoms with Crippen molar-refractivity contribution in [2.24, 2.45) is 0 Å². The number of unbranched alkanes of at least 4 members (excludes halogenated alkanes) is 13. The van der Waals surface area contributed by atoms with Crippen molar-refractivity contribution in [2.75, 3.05) is 13.2 Å². The summed E-state index contributed by atoms with van der Waals surface area (Å²) < 4.78 is 16.7. The molecule has 0 saturated carbocycles. The molecule has 0 fully saturated rings. The van der Waals surface area contributed by atoms with E-state index in [1.54, 1.807) is 0 Å². The Hall–Kier alpha value is -4.45. The topological polar surface area (TPSA) is 78.9 Å². The van der Waals surface area contributed by atoms with Crippen LogP contribution in [0.3, 0.4) is 0 Å². The number of hydrogen-bond donors (Lipinski definition) is 0. The number of ether oxygens (including phenoxy) is 3. The molecule has 0 rings (SSSR count). The molecule has 0 aromatic heterocycles. The quantitative estimate of drug-likeness (QED) is 0.0262. The largest absolute Gasteiger partial charge is 0.462 e. The zero-order chi connectivity index (χ0) is 48.6. The molecule has 376 valence electrons. The Morgan fingerprint density at radius 2 is 0.582 bits per heavy atom. The average molecular weight is 925 g/mol. The van der Waals surface area contributed by atoms with Crippen LogP contribution in [0.15, 0.2) is 134 Å². The summed E-state index contributed by atoms with van der Waals surface area (Å²) in [5.74, 6) is -1.02. The van der Waals surface area contributed by atoms with Gasteiger partial charge in [-0.05, 0) is 135 Å². The van der Waals surface area contributed by atoms with Gasteiger partial charge in [-0.15, -0.1) is 0 Å². The first-order valence-electron chi connectivity index (χ1n) is 26.7. The predicted molar refractivity (Wildman–Crippen MR) is 288 cm³/mol. The highest BCUT2D eigenvalue weighted by Gasteiger charge is 2.19. The smallest absolute Gasteiger partial charge is 0.306 e. The van der Waals surface area contributed by atoms with Crippen LogP contribution in [0.25, 0.3) is 0 Å². The van der Waals surface area contributed by atoms with Crippen molar-refractivity contribution in [1.82, 2.24) is 0 Å². The van der Waals surface area contributed by atoms with E-state index in [4.69, 9.17) is 14.2 Å². The zero-order valence-electron chi connectivity index (χ0n) is 42.9. The Morgan fingerprint density at radius 3 is 0.955 bits per heavy atom. The summed E-state index contributed by atoms with van der Waals surface area (Å²) in [5.41, 5.74) is 0. The summed E-state index contributed by atoms with van der Waals surface area (Å²) in [6.45, 7) is 6.29. The van der Waals surface area contributed by atoms with Gasteiger partial charge in [-0.2, -0.15) is 0 Å². The van der Waals surface area contributed by atoms with E-state index in [0.717, 1.165) is 141 Å². The Kier molecular flexibility index (Phi) is 50.6. The number of carbonyl (C=O) groups excluding carboxylic acids is 3. The summed E-state index contributed by atoms with van der Waals surface area (Å²) in [7, 11) is 0. The zero-order valence-corrected chi connectivity index (χ0v) is 42.9. The van der Waals surface area contributed by atoms with E-state index in [0.29, 0.717) is 19.3 Å². The molecule has 0 aliphatic heterocycles. The van der Waals surface area contributed by atoms with Crippen LogP contribution >= 0.6 is 0 Å². The molecule has 67 heavy (non-hydrogen) atoms. The van der Waals surface area contributed by atoms with Gasteiger partial charge in [0, 0.05) is 19.3 Å². The summed E-state index contributed by atoms with van der Waals surface area (Å²) in [6, 6.07) is 0. The molecule has 0 spiro atoms. The maximum Gasteiger partial charge on any atom is 0.306 e. The lowest BCUT2D eigenvalue weighted by Gasteiger charge is -2.18.